The molecule has 1 fully saturated rings. The summed E-state index contributed by atoms with van der Waals surface area (Å²) in [6.45, 7) is 1.80. The van der Waals surface area contributed by atoms with Crippen molar-refractivity contribution in [1.82, 2.24) is 10.9 Å². The summed E-state index contributed by atoms with van der Waals surface area (Å²) in [6, 6.07) is 0. The molecule has 0 unspecified atom stereocenters. The molecule has 3 heteroatoms. The van der Waals surface area contributed by atoms with Crippen molar-refractivity contribution >= 4 is 5.78 Å². The van der Waals surface area contributed by atoms with E-state index >= 15 is 0 Å². The van der Waals surface area contributed by atoms with Gasteiger partial charge in [-0.05, 0) is 12.8 Å². The molecule has 14 heavy (non-hydrogen) atoms. The molecule has 0 radical (unpaired) electrons. The monoisotopic (exact) mass is 198 g/mol. The summed E-state index contributed by atoms with van der Waals surface area (Å²) in [7, 11) is 0. The van der Waals surface area contributed by atoms with Gasteiger partial charge in [-0.15, -0.1) is 0 Å². The Balaban J connectivity index is 2.15. The van der Waals surface area contributed by atoms with E-state index < -0.39 is 0 Å². The van der Waals surface area contributed by atoms with Gasteiger partial charge in [-0.2, -0.15) is 0 Å². The minimum Gasteiger partial charge on any atom is -0.300 e. The first-order chi connectivity index (χ1) is 6.89. The van der Waals surface area contributed by atoms with Crippen LogP contribution in [0, 0.1) is 0 Å². The summed E-state index contributed by atoms with van der Waals surface area (Å²) < 4.78 is 0. The lowest BCUT2D eigenvalue weighted by Crippen LogP contribution is -2.34. The van der Waals surface area contributed by atoms with Gasteiger partial charge in [0.1, 0.15) is 5.78 Å². The fraction of sp³-hybridized carbons (Fsp3) is 0.909. The van der Waals surface area contributed by atoms with Gasteiger partial charge < -0.3 is 0 Å². The van der Waals surface area contributed by atoms with Crippen molar-refractivity contribution in [1.29, 1.82) is 0 Å². The molecule has 0 bridgehead atoms. The van der Waals surface area contributed by atoms with Gasteiger partial charge in [-0.25, -0.2) is 0 Å². The average Bonchev–Trinajstić information content (AvgIpc) is 2.20. The highest BCUT2D eigenvalue weighted by molar-refractivity contribution is 5.78. The molecule has 0 amide bonds. The van der Waals surface area contributed by atoms with E-state index in [0.29, 0.717) is 12.2 Å². The molecule has 1 heterocycles. The first-order valence-electron chi connectivity index (χ1n) is 5.87. The van der Waals surface area contributed by atoms with Crippen LogP contribution in [0.1, 0.15) is 51.4 Å². The first kappa shape index (κ1) is 11.7. The van der Waals surface area contributed by atoms with Gasteiger partial charge in [0.05, 0.1) is 0 Å². The van der Waals surface area contributed by atoms with E-state index in [4.69, 9.17) is 0 Å². The molecular formula is C11H22N2O. The summed E-state index contributed by atoms with van der Waals surface area (Å²) in [4.78, 5) is 11.3. The van der Waals surface area contributed by atoms with Gasteiger partial charge in [-0.1, -0.05) is 25.7 Å². The molecule has 0 atom stereocenters. The maximum absolute atomic E-state index is 11.3. The lowest BCUT2D eigenvalue weighted by atomic mass is 10.1. The smallest absolute Gasteiger partial charge is 0.134 e. The van der Waals surface area contributed by atoms with Crippen molar-refractivity contribution in [3.8, 4) is 0 Å². The standard InChI is InChI=1S/C11H22N2O/c14-11-7-5-3-1-2-4-6-9-12-13-10-8-11/h12-13H,1-10H2. The Labute approximate surface area is 86.6 Å². The van der Waals surface area contributed by atoms with Gasteiger partial charge in [-0.3, -0.25) is 15.6 Å². The predicted octanol–water partition coefficient (Wildman–Crippen LogP) is 1.78. The van der Waals surface area contributed by atoms with Crippen molar-refractivity contribution in [2.45, 2.75) is 51.4 Å². The highest BCUT2D eigenvalue weighted by Gasteiger charge is 2.02. The van der Waals surface area contributed by atoms with Crippen LogP contribution in [0.3, 0.4) is 0 Å². The lowest BCUT2D eigenvalue weighted by molar-refractivity contribution is -0.119. The normalized spacial score (nSPS) is 23.3. The van der Waals surface area contributed by atoms with E-state index in [0.717, 1.165) is 25.9 Å². The third-order valence-corrected chi connectivity index (χ3v) is 2.66. The molecule has 0 aliphatic carbocycles. The lowest BCUT2D eigenvalue weighted by Gasteiger charge is -2.05. The second kappa shape index (κ2) is 7.94. The van der Waals surface area contributed by atoms with Crippen LogP contribution in [-0.2, 0) is 4.79 Å². The van der Waals surface area contributed by atoms with E-state index in [1.165, 1.54) is 32.1 Å². The molecular weight excluding hydrogens is 176 g/mol. The second-order valence-electron chi connectivity index (χ2n) is 4.01. The first-order valence-corrected chi connectivity index (χ1v) is 5.87. The summed E-state index contributed by atoms with van der Waals surface area (Å²) in [5, 5.41) is 0. The highest BCUT2D eigenvalue weighted by atomic mass is 16.1. The molecule has 1 aliphatic heterocycles. The number of carbonyl (C=O) groups is 1. The van der Waals surface area contributed by atoms with Crippen molar-refractivity contribution < 1.29 is 4.79 Å². The Bertz CT molecular complexity index is 143. The molecule has 0 spiro atoms. The van der Waals surface area contributed by atoms with Gasteiger partial charge in [0, 0.05) is 25.9 Å². The molecule has 0 aromatic heterocycles. The maximum atomic E-state index is 11.3. The Morgan fingerprint density at radius 2 is 1.36 bits per heavy atom. The van der Waals surface area contributed by atoms with Gasteiger partial charge >= 0.3 is 0 Å². The van der Waals surface area contributed by atoms with Crippen LogP contribution in [-0.4, -0.2) is 18.9 Å². The Hall–Kier alpha value is -0.410. The van der Waals surface area contributed by atoms with Crippen LogP contribution in [0.2, 0.25) is 0 Å². The Morgan fingerprint density at radius 3 is 2.21 bits per heavy atom. The van der Waals surface area contributed by atoms with Gasteiger partial charge in [0.15, 0.2) is 0 Å². The number of hydrazine groups is 1. The van der Waals surface area contributed by atoms with E-state index in [9.17, 15) is 4.79 Å². The molecule has 3 nitrogen and oxygen atoms in total. The van der Waals surface area contributed by atoms with E-state index in [-0.39, 0.29) is 0 Å². The summed E-state index contributed by atoms with van der Waals surface area (Å²) in [6.07, 6.45) is 8.92. The summed E-state index contributed by atoms with van der Waals surface area (Å²) in [5.41, 5.74) is 6.23. The van der Waals surface area contributed by atoms with Crippen LogP contribution >= 0.6 is 0 Å². The third-order valence-electron chi connectivity index (χ3n) is 2.66. The van der Waals surface area contributed by atoms with E-state index in [2.05, 4.69) is 10.9 Å². The van der Waals surface area contributed by atoms with Crippen molar-refractivity contribution in [2.24, 2.45) is 0 Å². The topological polar surface area (TPSA) is 41.1 Å². The molecule has 0 aromatic carbocycles. The third kappa shape index (κ3) is 6.11. The SMILES string of the molecule is O=C1CCCCCCCCNNCC1. The molecule has 82 valence electrons. The van der Waals surface area contributed by atoms with Crippen LogP contribution in [0.15, 0.2) is 0 Å². The van der Waals surface area contributed by atoms with Crippen molar-refractivity contribution in [2.75, 3.05) is 13.1 Å². The fourth-order valence-electron chi connectivity index (χ4n) is 1.75. The minimum atomic E-state index is 0.401. The van der Waals surface area contributed by atoms with Crippen molar-refractivity contribution in [3.05, 3.63) is 0 Å². The zero-order valence-electron chi connectivity index (χ0n) is 8.98. The second-order valence-corrected chi connectivity index (χ2v) is 4.01. The number of nitrogens with one attached hydrogen (secondary N) is 2. The molecule has 2 N–H and O–H groups in total. The van der Waals surface area contributed by atoms with Crippen LogP contribution in [0.5, 0.6) is 0 Å². The number of rotatable bonds is 0. The zero-order chi connectivity index (χ0) is 10.1. The van der Waals surface area contributed by atoms with Gasteiger partial charge in [0.25, 0.3) is 0 Å². The van der Waals surface area contributed by atoms with Crippen LogP contribution < -0.4 is 10.9 Å². The summed E-state index contributed by atoms with van der Waals surface area (Å²) >= 11 is 0. The minimum absolute atomic E-state index is 0.401. The van der Waals surface area contributed by atoms with E-state index in [1.54, 1.807) is 0 Å². The zero-order valence-corrected chi connectivity index (χ0v) is 8.98. The molecule has 0 saturated carbocycles. The number of Topliss-reactive ketones (excluding diaryl/α,β-unsaturated/α-hetero) is 1. The average molecular weight is 198 g/mol. The quantitative estimate of drug-likeness (QED) is 0.623. The Morgan fingerprint density at radius 1 is 0.714 bits per heavy atom. The molecule has 0 aromatic rings. The number of hydrogen-bond donors (Lipinski definition) is 2. The number of hydrogen-bond acceptors (Lipinski definition) is 3. The predicted molar refractivity (Wildman–Crippen MR) is 57.9 cm³/mol. The summed E-state index contributed by atoms with van der Waals surface area (Å²) in [5.74, 6) is 0.401. The highest BCUT2D eigenvalue weighted by Crippen LogP contribution is 2.08. The fourth-order valence-corrected chi connectivity index (χ4v) is 1.75. The van der Waals surface area contributed by atoms with Crippen molar-refractivity contribution in [3.63, 3.8) is 0 Å². The van der Waals surface area contributed by atoms with Gasteiger partial charge in [0.2, 0.25) is 0 Å². The van der Waals surface area contributed by atoms with E-state index in [1.807, 2.05) is 0 Å². The largest absolute Gasteiger partial charge is 0.300 e. The Kier molecular flexibility index (Phi) is 6.62. The van der Waals surface area contributed by atoms with Crippen LogP contribution in [0.4, 0.5) is 0 Å². The van der Waals surface area contributed by atoms with Crippen LogP contribution in [0.25, 0.3) is 0 Å². The molecule has 1 rings (SSSR count). The maximum Gasteiger partial charge on any atom is 0.134 e. The molecule has 1 aliphatic rings. The molecule has 1 saturated heterocycles. The number of carbonyl (C=O) groups excluding carboxylic acids is 1. The number of ketones is 1.